The van der Waals surface area contributed by atoms with Gasteiger partial charge in [-0.15, -0.1) is 0 Å². The molecule has 1 amide bonds. The van der Waals surface area contributed by atoms with E-state index in [1.54, 1.807) is 0 Å². The number of carbonyl (C=O) groups excluding carboxylic acids is 1. The number of amides is 1. The Hall–Kier alpha value is -1.50. The third-order valence-corrected chi connectivity index (χ3v) is 3.04. The summed E-state index contributed by atoms with van der Waals surface area (Å²) in [6.45, 7) is 0. The van der Waals surface area contributed by atoms with Gasteiger partial charge in [0.15, 0.2) is 5.69 Å². The molecular weight excluding hydrogens is 218 g/mol. The summed E-state index contributed by atoms with van der Waals surface area (Å²) in [6.07, 6.45) is 3.10. The highest BCUT2D eigenvalue weighted by Crippen LogP contribution is 2.32. The summed E-state index contributed by atoms with van der Waals surface area (Å²) >= 11 is 0.920. The fraction of sp³-hybridized carbons (Fsp3) is 0.500. The maximum Gasteiger partial charge on any atom is 0.329 e. The highest BCUT2D eigenvalue weighted by molar-refractivity contribution is 6.99. The van der Waals surface area contributed by atoms with Gasteiger partial charge in [0.25, 0.3) is 5.91 Å². The summed E-state index contributed by atoms with van der Waals surface area (Å²) in [5.41, 5.74) is -0.909. The van der Waals surface area contributed by atoms with Crippen LogP contribution in [-0.4, -0.2) is 31.3 Å². The SMILES string of the molecule is O=C(NC1(C(=O)O)CCC1)c1cnsn1. The molecule has 0 saturated heterocycles. The van der Waals surface area contributed by atoms with E-state index in [0.717, 1.165) is 18.1 Å². The maximum absolute atomic E-state index is 11.5. The minimum absolute atomic E-state index is 0.174. The third-order valence-electron chi connectivity index (χ3n) is 2.56. The molecule has 1 aliphatic carbocycles. The number of carboxylic acids is 1. The van der Waals surface area contributed by atoms with E-state index in [1.165, 1.54) is 6.20 Å². The second-order valence-electron chi connectivity index (χ2n) is 3.49. The number of hydrogen-bond donors (Lipinski definition) is 2. The van der Waals surface area contributed by atoms with Crippen LogP contribution in [0.5, 0.6) is 0 Å². The Bertz CT molecular complexity index is 386. The summed E-state index contributed by atoms with van der Waals surface area (Å²) in [5.74, 6) is -1.45. The lowest BCUT2D eigenvalue weighted by Gasteiger charge is -2.37. The molecule has 0 aromatic carbocycles. The molecule has 0 unspecified atom stereocenters. The fourth-order valence-corrected chi connectivity index (χ4v) is 1.88. The molecule has 2 rings (SSSR count). The average Bonchev–Trinajstić information content (AvgIpc) is 2.62. The molecule has 1 heterocycles. The van der Waals surface area contributed by atoms with Gasteiger partial charge >= 0.3 is 5.97 Å². The van der Waals surface area contributed by atoms with E-state index < -0.39 is 17.4 Å². The van der Waals surface area contributed by atoms with Crippen molar-refractivity contribution in [2.24, 2.45) is 0 Å². The van der Waals surface area contributed by atoms with Crippen molar-refractivity contribution < 1.29 is 14.7 Å². The second-order valence-corrected chi connectivity index (χ2v) is 4.04. The predicted octanol–water partition coefficient (Wildman–Crippen LogP) is 0.275. The summed E-state index contributed by atoms with van der Waals surface area (Å²) in [5, 5.41) is 11.5. The van der Waals surface area contributed by atoms with E-state index in [9.17, 15) is 9.59 Å². The standard InChI is InChI=1S/C8H9N3O3S/c12-6(5-4-9-15-11-5)10-8(7(13)14)2-1-3-8/h4H,1-3H2,(H,10,12)(H,13,14). The largest absolute Gasteiger partial charge is 0.480 e. The molecule has 0 bridgehead atoms. The first-order valence-corrected chi connectivity index (χ1v) is 5.20. The van der Waals surface area contributed by atoms with Crippen LogP contribution in [0.2, 0.25) is 0 Å². The molecule has 1 saturated carbocycles. The van der Waals surface area contributed by atoms with Crippen molar-refractivity contribution in [2.75, 3.05) is 0 Å². The zero-order valence-corrected chi connectivity index (χ0v) is 8.58. The molecule has 0 aliphatic heterocycles. The van der Waals surface area contributed by atoms with E-state index in [2.05, 4.69) is 14.1 Å². The minimum Gasteiger partial charge on any atom is -0.480 e. The Morgan fingerprint density at radius 2 is 2.27 bits per heavy atom. The number of carboxylic acid groups (broad SMARTS) is 1. The van der Waals surface area contributed by atoms with Crippen molar-refractivity contribution in [3.63, 3.8) is 0 Å². The van der Waals surface area contributed by atoms with Gasteiger partial charge in [-0.1, -0.05) is 0 Å². The molecule has 6 nitrogen and oxygen atoms in total. The number of rotatable bonds is 3. The summed E-state index contributed by atoms with van der Waals surface area (Å²) < 4.78 is 7.43. The van der Waals surface area contributed by atoms with Crippen LogP contribution in [0.3, 0.4) is 0 Å². The number of aromatic nitrogens is 2. The Labute approximate surface area is 89.6 Å². The number of hydrogen-bond acceptors (Lipinski definition) is 5. The van der Waals surface area contributed by atoms with Crippen molar-refractivity contribution in [2.45, 2.75) is 24.8 Å². The Morgan fingerprint density at radius 1 is 1.53 bits per heavy atom. The molecule has 0 atom stereocenters. The van der Waals surface area contributed by atoms with Gasteiger partial charge < -0.3 is 10.4 Å². The van der Waals surface area contributed by atoms with Crippen LogP contribution < -0.4 is 5.32 Å². The molecule has 0 spiro atoms. The first-order chi connectivity index (χ1) is 7.14. The molecule has 1 aromatic heterocycles. The van der Waals surface area contributed by atoms with Gasteiger partial charge in [0.2, 0.25) is 0 Å². The minimum atomic E-state index is -1.08. The van der Waals surface area contributed by atoms with Crippen LogP contribution >= 0.6 is 11.7 Å². The van der Waals surface area contributed by atoms with Crippen LogP contribution in [0.4, 0.5) is 0 Å². The molecule has 80 valence electrons. The fourth-order valence-electron chi connectivity index (χ4n) is 1.47. The van der Waals surface area contributed by atoms with Gasteiger partial charge in [0.1, 0.15) is 5.54 Å². The van der Waals surface area contributed by atoms with Crippen molar-refractivity contribution in [3.05, 3.63) is 11.9 Å². The van der Waals surface area contributed by atoms with E-state index in [0.29, 0.717) is 12.8 Å². The zero-order chi connectivity index (χ0) is 10.9. The van der Waals surface area contributed by atoms with Crippen LogP contribution in [0.15, 0.2) is 6.20 Å². The smallest absolute Gasteiger partial charge is 0.329 e. The van der Waals surface area contributed by atoms with Gasteiger partial charge in [0, 0.05) is 0 Å². The zero-order valence-electron chi connectivity index (χ0n) is 7.77. The average molecular weight is 227 g/mol. The summed E-state index contributed by atoms with van der Waals surface area (Å²) in [4.78, 5) is 22.5. The van der Waals surface area contributed by atoms with Crippen molar-refractivity contribution in [3.8, 4) is 0 Å². The first-order valence-electron chi connectivity index (χ1n) is 4.47. The Kier molecular flexibility index (Phi) is 2.39. The molecule has 1 aliphatic rings. The predicted molar refractivity (Wildman–Crippen MR) is 51.6 cm³/mol. The monoisotopic (exact) mass is 227 g/mol. The number of carbonyl (C=O) groups is 2. The number of nitrogens with zero attached hydrogens (tertiary/aromatic N) is 2. The van der Waals surface area contributed by atoms with Gasteiger partial charge in [-0.2, -0.15) is 8.75 Å². The molecular formula is C8H9N3O3S. The van der Waals surface area contributed by atoms with Crippen LogP contribution in [0.25, 0.3) is 0 Å². The van der Waals surface area contributed by atoms with Crippen LogP contribution in [-0.2, 0) is 4.79 Å². The van der Waals surface area contributed by atoms with Crippen LogP contribution in [0.1, 0.15) is 29.8 Å². The van der Waals surface area contributed by atoms with Crippen LogP contribution in [0, 0.1) is 0 Å². The molecule has 7 heteroatoms. The van der Waals surface area contributed by atoms with Gasteiger partial charge in [-0.3, -0.25) is 4.79 Å². The number of aliphatic carboxylic acids is 1. The molecule has 1 aromatic rings. The molecule has 0 radical (unpaired) electrons. The van der Waals surface area contributed by atoms with E-state index in [1.807, 2.05) is 0 Å². The lowest BCUT2D eigenvalue weighted by molar-refractivity contribution is -0.148. The highest BCUT2D eigenvalue weighted by atomic mass is 32.1. The quantitative estimate of drug-likeness (QED) is 0.773. The topological polar surface area (TPSA) is 92.2 Å². The van der Waals surface area contributed by atoms with E-state index >= 15 is 0 Å². The third kappa shape index (κ3) is 1.70. The van der Waals surface area contributed by atoms with Gasteiger partial charge in [-0.25, -0.2) is 4.79 Å². The van der Waals surface area contributed by atoms with E-state index in [4.69, 9.17) is 5.11 Å². The highest BCUT2D eigenvalue weighted by Gasteiger charge is 2.46. The maximum atomic E-state index is 11.5. The first kappa shape index (κ1) is 10.0. The lowest BCUT2D eigenvalue weighted by Crippen LogP contribution is -2.59. The Morgan fingerprint density at radius 3 is 2.67 bits per heavy atom. The van der Waals surface area contributed by atoms with Crippen molar-refractivity contribution >= 4 is 23.6 Å². The second kappa shape index (κ2) is 3.58. The van der Waals surface area contributed by atoms with Gasteiger partial charge in [0.05, 0.1) is 17.9 Å². The summed E-state index contributed by atoms with van der Waals surface area (Å²) in [7, 11) is 0. The normalized spacial score (nSPS) is 17.9. The Balaban J connectivity index is 2.08. The number of nitrogens with one attached hydrogen (secondary N) is 1. The van der Waals surface area contributed by atoms with E-state index in [-0.39, 0.29) is 5.69 Å². The van der Waals surface area contributed by atoms with Crippen molar-refractivity contribution in [1.82, 2.24) is 14.1 Å². The molecule has 15 heavy (non-hydrogen) atoms. The summed E-state index contributed by atoms with van der Waals surface area (Å²) in [6, 6.07) is 0. The lowest BCUT2D eigenvalue weighted by atomic mass is 9.76. The van der Waals surface area contributed by atoms with Gasteiger partial charge in [-0.05, 0) is 19.3 Å². The molecule has 1 fully saturated rings. The molecule has 2 N–H and O–H groups in total. The van der Waals surface area contributed by atoms with Crippen molar-refractivity contribution in [1.29, 1.82) is 0 Å².